The number of rotatable bonds is 4. The molecule has 0 aliphatic heterocycles. The Kier molecular flexibility index (Phi) is 3.95. The van der Waals surface area contributed by atoms with Crippen LogP contribution in [0, 0.1) is 0 Å². The number of nitrogens with one attached hydrogen (secondary N) is 1. The first-order valence-electron chi connectivity index (χ1n) is 6.61. The van der Waals surface area contributed by atoms with Crippen LogP contribution in [0.2, 0.25) is 5.02 Å². The molecule has 1 heterocycles. The highest BCUT2D eigenvalue weighted by molar-refractivity contribution is 6.31. The lowest BCUT2D eigenvalue weighted by Crippen LogP contribution is -2.13. The Bertz CT molecular complexity index is 720. The zero-order valence-electron chi connectivity index (χ0n) is 11.0. The first kappa shape index (κ1) is 13.1. The first-order valence-corrected chi connectivity index (χ1v) is 6.99. The van der Waals surface area contributed by atoms with Crippen LogP contribution in [0.15, 0.2) is 60.8 Å². The summed E-state index contributed by atoms with van der Waals surface area (Å²) in [6, 6.07) is 18.2. The van der Waals surface area contributed by atoms with Crippen molar-refractivity contribution in [2.24, 2.45) is 0 Å². The van der Waals surface area contributed by atoms with Gasteiger partial charge >= 0.3 is 0 Å². The van der Waals surface area contributed by atoms with Gasteiger partial charge in [-0.05, 0) is 23.3 Å². The summed E-state index contributed by atoms with van der Waals surface area (Å²) in [6.07, 6.45) is 1.83. The molecule has 0 fully saturated rings. The van der Waals surface area contributed by atoms with Gasteiger partial charge in [0.25, 0.3) is 0 Å². The molecule has 0 aliphatic rings. The van der Waals surface area contributed by atoms with Crippen molar-refractivity contribution in [1.29, 1.82) is 0 Å². The van der Waals surface area contributed by atoms with Crippen LogP contribution in [0.3, 0.4) is 0 Å². The second kappa shape index (κ2) is 6.04. The highest BCUT2D eigenvalue weighted by atomic mass is 35.5. The van der Waals surface area contributed by atoms with Gasteiger partial charge in [-0.15, -0.1) is 0 Å². The molecule has 0 radical (unpaired) electrons. The van der Waals surface area contributed by atoms with E-state index in [1.54, 1.807) is 0 Å². The largest absolute Gasteiger partial charge is 0.308 e. The molecule has 0 saturated heterocycles. The summed E-state index contributed by atoms with van der Waals surface area (Å²) in [6.45, 7) is 1.53. The lowest BCUT2D eigenvalue weighted by atomic mass is 10.1. The number of pyridine rings is 1. The van der Waals surface area contributed by atoms with Crippen LogP contribution in [0.4, 0.5) is 0 Å². The standard InChI is InChI=1S/C17H15ClN2/c18-16-9-2-1-5-14(16)11-19-12-15-7-3-6-13-8-4-10-20-17(13)15/h1-10,19H,11-12H2. The van der Waals surface area contributed by atoms with Gasteiger partial charge in [0, 0.05) is 29.7 Å². The quantitative estimate of drug-likeness (QED) is 0.776. The highest BCUT2D eigenvalue weighted by Crippen LogP contribution is 2.17. The third-order valence-corrected chi connectivity index (χ3v) is 3.67. The fourth-order valence-electron chi connectivity index (χ4n) is 2.28. The molecule has 0 saturated carbocycles. The second-order valence-electron chi connectivity index (χ2n) is 4.69. The van der Waals surface area contributed by atoms with Gasteiger partial charge in [0.1, 0.15) is 0 Å². The number of hydrogen-bond acceptors (Lipinski definition) is 2. The molecule has 0 bridgehead atoms. The lowest BCUT2D eigenvalue weighted by molar-refractivity contribution is 0.696. The first-order chi connectivity index (χ1) is 9.84. The zero-order chi connectivity index (χ0) is 13.8. The van der Waals surface area contributed by atoms with Crippen LogP contribution in [-0.2, 0) is 13.1 Å². The summed E-state index contributed by atoms with van der Waals surface area (Å²) < 4.78 is 0. The molecule has 2 aromatic carbocycles. The third-order valence-electron chi connectivity index (χ3n) is 3.31. The van der Waals surface area contributed by atoms with Crippen molar-refractivity contribution in [3.63, 3.8) is 0 Å². The molecule has 1 aromatic heterocycles. The van der Waals surface area contributed by atoms with Crippen molar-refractivity contribution in [3.8, 4) is 0 Å². The zero-order valence-corrected chi connectivity index (χ0v) is 11.8. The van der Waals surface area contributed by atoms with Gasteiger partial charge in [0.05, 0.1) is 5.52 Å². The van der Waals surface area contributed by atoms with E-state index in [4.69, 9.17) is 11.6 Å². The van der Waals surface area contributed by atoms with Crippen LogP contribution >= 0.6 is 11.6 Å². The minimum Gasteiger partial charge on any atom is -0.308 e. The minimum atomic E-state index is 0.753. The molecular formula is C17H15ClN2. The predicted octanol–water partition coefficient (Wildman–Crippen LogP) is 4.18. The Hall–Kier alpha value is -1.90. The van der Waals surface area contributed by atoms with Crippen LogP contribution in [0.5, 0.6) is 0 Å². The van der Waals surface area contributed by atoms with Crippen molar-refractivity contribution >= 4 is 22.5 Å². The van der Waals surface area contributed by atoms with E-state index in [-0.39, 0.29) is 0 Å². The van der Waals surface area contributed by atoms with Crippen molar-refractivity contribution in [1.82, 2.24) is 10.3 Å². The van der Waals surface area contributed by atoms with Gasteiger partial charge in [-0.1, -0.05) is 54.1 Å². The van der Waals surface area contributed by atoms with Gasteiger partial charge in [0.15, 0.2) is 0 Å². The Morgan fingerprint density at radius 3 is 2.50 bits per heavy atom. The van der Waals surface area contributed by atoms with E-state index in [1.165, 1.54) is 10.9 Å². The predicted molar refractivity (Wildman–Crippen MR) is 83.7 cm³/mol. The molecule has 3 rings (SSSR count). The molecule has 3 aromatic rings. The van der Waals surface area contributed by atoms with E-state index in [0.717, 1.165) is 29.2 Å². The molecular weight excluding hydrogens is 268 g/mol. The van der Waals surface area contributed by atoms with E-state index in [9.17, 15) is 0 Å². The summed E-state index contributed by atoms with van der Waals surface area (Å²) >= 11 is 6.15. The molecule has 0 atom stereocenters. The van der Waals surface area contributed by atoms with Crippen molar-refractivity contribution in [2.45, 2.75) is 13.1 Å². The van der Waals surface area contributed by atoms with Crippen LogP contribution in [0.1, 0.15) is 11.1 Å². The van der Waals surface area contributed by atoms with Gasteiger partial charge < -0.3 is 5.32 Å². The SMILES string of the molecule is Clc1ccccc1CNCc1cccc2cccnc12. The molecule has 3 heteroatoms. The molecule has 1 N–H and O–H groups in total. The Labute approximate surface area is 123 Å². The molecule has 0 amide bonds. The summed E-state index contributed by atoms with van der Waals surface area (Å²) in [7, 11) is 0. The van der Waals surface area contributed by atoms with Gasteiger partial charge in [0.2, 0.25) is 0 Å². The summed E-state index contributed by atoms with van der Waals surface area (Å²) in [4.78, 5) is 4.46. The molecule has 0 unspecified atom stereocenters. The fraction of sp³-hybridized carbons (Fsp3) is 0.118. The van der Waals surface area contributed by atoms with Crippen LogP contribution in [0.25, 0.3) is 10.9 Å². The topological polar surface area (TPSA) is 24.9 Å². The van der Waals surface area contributed by atoms with Crippen molar-refractivity contribution in [3.05, 3.63) is 76.9 Å². The lowest BCUT2D eigenvalue weighted by Gasteiger charge is -2.08. The monoisotopic (exact) mass is 282 g/mol. The molecule has 0 spiro atoms. The number of halogens is 1. The van der Waals surface area contributed by atoms with Crippen LogP contribution in [-0.4, -0.2) is 4.98 Å². The molecule has 0 aliphatic carbocycles. The maximum Gasteiger partial charge on any atom is 0.0746 e. The second-order valence-corrected chi connectivity index (χ2v) is 5.09. The van der Waals surface area contributed by atoms with Gasteiger partial charge in [-0.25, -0.2) is 0 Å². The van der Waals surface area contributed by atoms with Gasteiger partial charge in [-0.2, -0.15) is 0 Å². The smallest absolute Gasteiger partial charge is 0.0746 e. The average Bonchev–Trinajstić information content (AvgIpc) is 2.49. The fourth-order valence-corrected chi connectivity index (χ4v) is 2.49. The van der Waals surface area contributed by atoms with E-state index >= 15 is 0 Å². The number of benzene rings is 2. The maximum absolute atomic E-state index is 6.15. The van der Waals surface area contributed by atoms with E-state index in [2.05, 4.69) is 34.6 Å². The van der Waals surface area contributed by atoms with E-state index in [0.29, 0.717) is 0 Å². The normalized spacial score (nSPS) is 10.8. The Morgan fingerprint density at radius 1 is 0.850 bits per heavy atom. The molecule has 100 valence electrons. The average molecular weight is 283 g/mol. The van der Waals surface area contributed by atoms with Crippen LogP contribution < -0.4 is 5.32 Å². The molecule has 2 nitrogen and oxygen atoms in total. The number of hydrogen-bond donors (Lipinski definition) is 1. The number of fused-ring (bicyclic) bond motifs is 1. The van der Waals surface area contributed by atoms with Crippen molar-refractivity contribution < 1.29 is 0 Å². The van der Waals surface area contributed by atoms with Gasteiger partial charge in [-0.3, -0.25) is 4.98 Å². The van der Waals surface area contributed by atoms with E-state index in [1.807, 2.05) is 36.5 Å². The highest BCUT2D eigenvalue weighted by Gasteiger charge is 2.02. The number of para-hydroxylation sites is 1. The van der Waals surface area contributed by atoms with Crippen molar-refractivity contribution in [2.75, 3.05) is 0 Å². The third kappa shape index (κ3) is 2.82. The number of aromatic nitrogens is 1. The number of nitrogens with zero attached hydrogens (tertiary/aromatic N) is 1. The minimum absolute atomic E-state index is 0.753. The summed E-state index contributed by atoms with van der Waals surface area (Å²) in [5, 5.41) is 5.40. The maximum atomic E-state index is 6.15. The Morgan fingerprint density at radius 2 is 1.60 bits per heavy atom. The Balaban J connectivity index is 1.73. The summed E-state index contributed by atoms with van der Waals surface area (Å²) in [5.74, 6) is 0. The molecule has 20 heavy (non-hydrogen) atoms. The van der Waals surface area contributed by atoms with E-state index < -0.39 is 0 Å². The summed E-state index contributed by atoms with van der Waals surface area (Å²) in [5.41, 5.74) is 3.37.